The Hall–Kier alpha value is -2.75. The molecule has 0 amide bonds. The lowest BCUT2D eigenvalue weighted by Crippen LogP contribution is -2.07. The molecule has 20 heavy (non-hydrogen) atoms. The van der Waals surface area contributed by atoms with E-state index >= 15 is 0 Å². The molecule has 0 unspecified atom stereocenters. The summed E-state index contributed by atoms with van der Waals surface area (Å²) in [5, 5.41) is 0.928. The van der Waals surface area contributed by atoms with E-state index in [2.05, 4.69) is 9.97 Å². The van der Waals surface area contributed by atoms with E-state index in [1.54, 1.807) is 24.5 Å². The fourth-order valence-corrected chi connectivity index (χ4v) is 2.13. The summed E-state index contributed by atoms with van der Waals surface area (Å²) >= 11 is 0. The van der Waals surface area contributed by atoms with Crippen molar-refractivity contribution in [2.24, 2.45) is 0 Å². The molecule has 0 aliphatic heterocycles. The molecule has 4 nitrogen and oxygen atoms in total. The van der Waals surface area contributed by atoms with Crippen molar-refractivity contribution in [2.45, 2.75) is 6.92 Å². The first-order valence-electron chi connectivity index (χ1n) is 6.27. The number of pyridine rings is 2. The smallest absolute Gasteiger partial charge is 0.196 e. The van der Waals surface area contributed by atoms with E-state index in [4.69, 9.17) is 5.73 Å². The molecular formula is C16H13N3O. The first-order valence-corrected chi connectivity index (χ1v) is 6.27. The maximum absolute atomic E-state index is 12.5. The predicted octanol–water partition coefficient (Wildman–Crippen LogP) is 2.75. The first kappa shape index (κ1) is 12.3. The normalized spacial score (nSPS) is 10.7. The van der Waals surface area contributed by atoms with Crippen molar-refractivity contribution in [1.82, 2.24) is 9.97 Å². The van der Waals surface area contributed by atoms with Gasteiger partial charge in [0.25, 0.3) is 0 Å². The van der Waals surface area contributed by atoms with Gasteiger partial charge in [-0.15, -0.1) is 0 Å². The number of aryl methyl sites for hydroxylation is 1. The van der Waals surface area contributed by atoms with Crippen LogP contribution in [0.4, 0.5) is 5.82 Å². The number of carbonyl (C=O) groups is 1. The van der Waals surface area contributed by atoms with E-state index in [-0.39, 0.29) is 11.6 Å². The molecule has 0 aliphatic carbocycles. The molecule has 98 valence electrons. The van der Waals surface area contributed by atoms with Crippen LogP contribution in [0.5, 0.6) is 0 Å². The third kappa shape index (κ3) is 2.12. The quantitative estimate of drug-likeness (QED) is 0.722. The predicted molar refractivity (Wildman–Crippen MR) is 78.6 cm³/mol. The minimum Gasteiger partial charge on any atom is -0.383 e. The Morgan fingerprint density at radius 3 is 2.85 bits per heavy atom. The zero-order chi connectivity index (χ0) is 14.1. The van der Waals surface area contributed by atoms with Crippen LogP contribution < -0.4 is 5.73 Å². The van der Waals surface area contributed by atoms with Crippen molar-refractivity contribution in [3.8, 4) is 0 Å². The number of anilines is 1. The molecule has 0 bridgehead atoms. The van der Waals surface area contributed by atoms with E-state index < -0.39 is 0 Å². The molecule has 2 heterocycles. The van der Waals surface area contributed by atoms with Gasteiger partial charge in [0, 0.05) is 23.3 Å². The number of carbonyl (C=O) groups excluding carboxylic acids is 1. The monoisotopic (exact) mass is 263 g/mol. The fraction of sp³-hybridized carbons (Fsp3) is 0.0625. The zero-order valence-corrected chi connectivity index (χ0v) is 11.0. The van der Waals surface area contributed by atoms with Gasteiger partial charge in [-0.25, -0.2) is 4.98 Å². The van der Waals surface area contributed by atoms with Crippen LogP contribution in [-0.2, 0) is 0 Å². The number of nitrogens with zero attached hydrogens (tertiary/aromatic N) is 2. The largest absolute Gasteiger partial charge is 0.383 e. The van der Waals surface area contributed by atoms with Crippen LogP contribution in [0.3, 0.4) is 0 Å². The summed E-state index contributed by atoms with van der Waals surface area (Å²) in [6, 6.07) is 11.0. The maximum atomic E-state index is 12.5. The molecule has 2 aromatic heterocycles. The summed E-state index contributed by atoms with van der Waals surface area (Å²) in [4.78, 5) is 20.8. The second-order valence-electron chi connectivity index (χ2n) is 4.69. The highest BCUT2D eigenvalue weighted by molar-refractivity contribution is 6.12. The summed E-state index contributed by atoms with van der Waals surface area (Å²) in [6.07, 6.45) is 3.38. The van der Waals surface area contributed by atoms with Crippen molar-refractivity contribution in [1.29, 1.82) is 0 Å². The third-order valence-corrected chi connectivity index (χ3v) is 3.17. The first-order chi connectivity index (χ1) is 9.65. The van der Waals surface area contributed by atoms with Crippen LogP contribution >= 0.6 is 0 Å². The van der Waals surface area contributed by atoms with Crippen molar-refractivity contribution in [2.75, 3.05) is 5.73 Å². The minimum atomic E-state index is -0.121. The van der Waals surface area contributed by atoms with Crippen LogP contribution in [0.2, 0.25) is 0 Å². The van der Waals surface area contributed by atoms with E-state index in [0.717, 1.165) is 16.5 Å². The molecule has 0 spiro atoms. The third-order valence-electron chi connectivity index (χ3n) is 3.17. The van der Waals surface area contributed by atoms with Gasteiger partial charge in [0.2, 0.25) is 0 Å². The molecule has 0 radical (unpaired) electrons. The highest BCUT2D eigenvalue weighted by Crippen LogP contribution is 2.19. The van der Waals surface area contributed by atoms with Gasteiger partial charge in [-0.2, -0.15) is 0 Å². The SMILES string of the molecule is Cc1cnc(N)c(C(=O)c2ccc3ncccc3c2)c1. The number of fused-ring (bicyclic) bond motifs is 1. The van der Waals surface area contributed by atoms with Crippen molar-refractivity contribution in [3.05, 3.63) is 65.5 Å². The standard InChI is InChI=1S/C16H13N3O/c1-10-7-13(16(17)19-9-10)15(20)12-4-5-14-11(8-12)3-2-6-18-14/h2-9H,1H3,(H2,17,19). The summed E-state index contributed by atoms with van der Waals surface area (Å²) in [5.74, 6) is 0.135. The number of aromatic nitrogens is 2. The summed E-state index contributed by atoms with van der Waals surface area (Å²) in [6.45, 7) is 1.88. The lowest BCUT2D eigenvalue weighted by molar-refractivity contribution is 0.103. The Bertz CT molecular complexity index is 812. The molecule has 0 fully saturated rings. The molecule has 0 atom stereocenters. The average molecular weight is 263 g/mol. The number of nitrogen functional groups attached to an aromatic ring is 1. The molecule has 0 aliphatic rings. The molecule has 3 rings (SSSR count). The van der Waals surface area contributed by atoms with Crippen molar-refractivity contribution >= 4 is 22.5 Å². The van der Waals surface area contributed by atoms with Crippen LogP contribution in [0.25, 0.3) is 10.9 Å². The Balaban J connectivity index is 2.10. The summed E-state index contributed by atoms with van der Waals surface area (Å²) < 4.78 is 0. The van der Waals surface area contributed by atoms with E-state index in [0.29, 0.717) is 11.1 Å². The van der Waals surface area contributed by atoms with Crippen LogP contribution in [0.1, 0.15) is 21.5 Å². The lowest BCUT2D eigenvalue weighted by Gasteiger charge is -2.06. The second kappa shape index (κ2) is 4.74. The van der Waals surface area contributed by atoms with E-state index in [1.807, 2.05) is 31.2 Å². The molecule has 0 saturated carbocycles. The number of ketones is 1. The van der Waals surface area contributed by atoms with E-state index in [1.165, 1.54) is 0 Å². The zero-order valence-electron chi connectivity index (χ0n) is 11.0. The molecule has 2 N–H and O–H groups in total. The highest BCUT2D eigenvalue weighted by atomic mass is 16.1. The van der Waals surface area contributed by atoms with E-state index in [9.17, 15) is 4.79 Å². The molecule has 1 aromatic carbocycles. The van der Waals surface area contributed by atoms with Gasteiger partial charge >= 0.3 is 0 Å². The average Bonchev–Trinajstić information content (AvgIpc) is 2.48. The molecule has 4 heteroatoms. The maximum Gasteiger partial charge on any atom is 0.196 e. The second-order valence-corrected chi connectivity index (χ2v) is 4.69. The Kier molecular flexibility index (Phi) is 2.91. The number of rotatable bonds is 2. The molecular weight excluding hydrogens is 250 g/mol. The molecule has 0 saturated heterocycles. The van der Waals surface area contributed by atoms with Gasteiger partial charge < -0.3 is 5.73 Å². The Labute approximate surface area is 116 Å². The lowest BCUT2D eigenvalue weighted by atomic mass is 10.0. The highest BCUT2D eigenvalue weighted by Gasteiger charge is 2.14. The molecule has 3 aromatic rings. The Morgan fingerprint density at radius 1 is 1.15 bits per heavy atom. The van der Waals surface area contributed by atoms with Gasteiger partial charge in [-0.05, 0) is 42.8 Å². The van der Waals surface area contributed by atoms with Crippen LogP contribution in [-0.4, -0.2) is 15.8 Å². The number of hydrogen-bond donors (Lipinski definition) is 1. The van der Waals surface area contributed by atoms with Gasteiger partial charge in [-0.3, -0.25) is 9.78 Å². The Morgan fingerprint density at radius 2 is 2.00 bits per heavy atom. The number of hydrogen-bond acceptors (Lipinski definition) is 4. The van der Waals surface area contributed by atoms with Crippen molar-refractivity contribution < 1.29 is 4.79 Å². The van der Waals surface area contributed by atoms with Crippen LogP contribution in [0, 0.1) is 6.92 Å². The van der Waals surface area contributed by atoms with Crippen LogP contribution in [0.15, 0.2) is 48.8 Å². The van der Waals surface area contributed by atoms with Gasteiger partial charge in [0.05, 0.1) is 11.1 Å². The topological polar surface area (TPSA) is 68.9 Å². The van der Waals surface area contributed by atoms with Gasteiger partial charge in [0.1, 0.15) is 5.82 Å². The minimum absolute atomic E-state index is 0.121. The van der Waals surface area contributed by atoms with Gasteiger partial charge in [0.15, 0.2) is 5.78 Å². The fourth-order valence-electron chi connectivity index (χ4n) is 2.13. The summed E-state index contributed by atoms with van der Waals surface area (Å²) in [7, 11) is 0. The van der Waals surface area contributed by atoms with Gasteiger partial charge in [-0.1, -0.05) is 6.07 Å². The van der Waals surface area contributed by atoms with Crippen molar-refractivity contribution in [3.63, 3.8) is 0 Å². The summed E-state index contributed by atoms with van der Waals surface area (Å²) in [5.41, 5.74) is 8.59. The number of benzene rings is 1. The number of nitrogens with two attached hydrogens (primary N) is 1.